The van der Waals surface area contributed by atoms with Crippen molar-refractivity contribution in [1.29, 1.82) is 0 Å². The van der Waals surface area contributed by atoms with Gasteiger partial charge in [-0.15, -0.1) is 0 Å². The average molecular weight is 422 g/mol. The minimum absolute atomic E-state index is 0.00881. The first-order valence-corrected chi connectivity index (χ1v) is 10.5. The summed E-state index contributed by atoms with van der Waals surface area (Å²) in [5.41, 5.74) is 13.0. The number of hydrogen-bond acceptors (Lipinski definition) is 4. The SMILES string of the molecule is CC[C@H](OC(=O)c1c(CN=[N+]=[N-])c(-c2ccccc2)nc2ccccc12)c1ccccc1. The summed E-state index contributed by atoms with van der Waals surface area (Å²) in [6.07, 6.45) is 0.249. The predicted molar refractivity (Wildman–Crippen MR) is 125 cm³/mol. The van der Waals surface area contributed by atoms with Crippen LogP contribution < -0.4 is 0 Å². The molecular weight excluding hydrogens is 400 g/mol. The number of hydrogen-bond donors (Lipinski definition) is 0. The van der Waals surface area contributed by atoms with Gasteiger partial charge in [0.25, 0.3) is 0 Å². The van der Waals surface area contributed by atoms with Crippen LogP contribution >= 0.6 is 0 Å². The zero-order chi connectivity index (χ0) is 22.3. The van der Waals surface area contributed by atoms with Crippen molar-refractivity contribution in [1.82, 2.24) is 4.98 Å². The van der Waals surface area contributed by atoms with Gasteiger partial charge in [-0.2, -0.15) is 0 Å². The number of carbonyl (C=O) groups is 1. The maximum Gasteiger partial charge on any atom is 0.339 e. The number of esters is 1. The van der Waals surface area contributed by atoms with Crippen molar-refractivity contribution in [2.75, 3.05) is 0 Å². The summed E-state index contributed by atoms with van der Waals surface area (Å²) in [4.78, 5) is 21.3. The number of para-hydroxylation sites is 1. The maximum atomic E-state index is 13.6. The Morgan fingerprint density at radius 1 is 1.00 bits per heavy atom. The lowest BCUT2D eigenvalue weighted by molar-refractivity contribution is 0.0289. The number of azide groups is 1. The Morgan fingerprint density at radius 3 is 2.34 bits per heavy atom. The molecule has 0 saturated carbocycles. The van der Waals surface area contributed by atoms with E-state index < -0.39 is 5.97 Å². The molecule has 0 N–H and O–H groups in total. The van der Waals surface area contributed by atoms with Gasteiger partial charge in [0, 0.05) is 15.9 Å². The highest BCUT2D eigenvalue weighted by molar-refractivity contribution is 6.06. The Morgan fingerprint density at radius 2 is 1.66 bits per heavy atom. The highest BCUT2D eigenvalue weighted by Crippen LogP contribution is 2.33. The minimum atomic E-state index is -0.459. The van der Waals surface area contributed by atoms with Gasteiger partial charge in [0.1, 0.15) is 6.10 Å². The Kier molecular flexibility index (Phi) is 6.44. The summed E-state index contributed by atoms with van der Waals surface area (Å²) in [6.45, 7) is 1.97. The smallest absolute Gasteiger partial charge is 0.339 e. The molecule has 158 valence electrons. The third-order valence-electron chi connectivity index (χ3n) is 5.33. The number of benzene rings is 3. The van der Waals surface area contributed by atoms with Gasteiger partial charge < -0.3 is 4.74 Å². The van der Waals surface area contributed by atoms with Gasteiger partial charge >= 0.3 is 5.97 Å². The second-order valence-corrected chi connectivity index (χ2v) is 7.30. The second kappa shape index (κ2) is 9.77. The average Bonchev–Trinajstić information content (AvgIpc) is 2.86. The quantitative estimate of drug-likeness (QED) is 0.139. The van der Waals surface area contributed by atoms with Gasteiger partial charge in [0.2, 0.25) is 0 Å². The monoisotopic (exact) mass is 422 g/mol. The van der Waals surface area contributed by atoms with Gasteiger partial charge in [0.15, 0.2) is 0 Å². The van der Waals surface area contributed by atoms with Crippen LogP contribution in [0.1, 0.15) is 40.9 Å². The Balaban J connectivity index is 1.90. The zero-order valence-electron chi connectivity index (χ0n) is 17.7. The van der Waals surface area contributed by atoms with Crippen LogP contribution in [-0.2, 0) is 11.3 Å². The first-order valence-electron chi connectivity index (χ1n) is 10.5. The van der Waals surface area contributed by atoms with E-state index in [9.17, 15) is 4.79 Å². The summed E-state index contributed by atoms with van der Waals surface area (Å²) in [7, 11) is 0. The van der Waals surface area contributed by atoms with E-state index in [1.54, 1.807) is 0 Å². The van der Waals surface area contributed by atoms with E-state index in [4.69, 9.17) is 15.3 Å². The molecule has 6 nitrogen and oxygen atoms in total. The van der Waals surface area contributed by atoms with Crippen LogP contribution in [0.25, 0.3) is 32.6 Å². The normalized spacial score (nSPS) is 11.5. The molecule has 0 fully saturated rings. The highest BCUT2D eigenvalue weighted by Gasteiger charge is 2.24. The number of aromatic nitrogens is 1. The molecular formula is C26H22N4O2. The first kappa shape index (κ1) is 21.1. The number of fused-ring (bicyclic) bond motifs is 1. The summed E-state index contributed by atoms with van der Waals surface area (Å²) in [6, 6.07) is 26.7. The zero-order valence-corrected chi connectivity index (χ0v) is 17.7. The molecule has 4 rings (SSSR count). The van der Waals surface area contributed by atoms with E-state index in [0.717, 1.165) is 11.1 Å². The van der Waals surface area contributed by atoms with Crippen LogP contribution in [-0.4, -0.2) is 11.0 Å². The van der Waals surface area contributed by atoms with Crippen molar-refractivity contribution in [2.45, 2.75) is 26.0 Å². The van der Waals surface area contributed by atoms with Crippen LogP contribution in [0, 0.1) is 0 Å². The van der Waals surface area contributed by atoms with E-state index in [2.05, 4.69) is 10.0 Å². The topological polar surface area (TPSA) is 88.0 Å². The highest BCUT2D eigenvalue weighted by atomic mass is 16.5. The van der Waals surface area contributed by atoms with Crippen LogP contribution in [0.2, 0.25) is 0 Å². The first-order chi connectivity index (χ1) is 15.7. The lowest BCUT2D eigenvalue weighted by atomic mass is 9.96. The standard InChI is InChI=1S/C26H22N4O2/c1-2-23(18-11-5-3-6-12-18)32-26(31)24-20-15-9-10-16-22(20)29-25(21(24)17-28-30-27)19-13-7-4-8-14-19/h3-16,23H,2,17H2,1H3/t23-/m0/s1. The Labute approximate surface area is 186 Å². The molecule has 1 heterocycles. The molecule has 1 atom stereocenters. The summed E-state index contributed by atoms with van der Waals surface area (Å²) in [5, 5.41) is 4.44. The van der Waals surface area contributed by atoms with Crippen molar-refractivity contribution in [2.24, 2.45) is 5.11 Å². The minimum Gasteiger partial charge on any atom is -0.454 e. The predicted octanol–water partition coefficient (Wildman–Crippen LogP) is 7.02. The van der Waals surface area contributed by atoms with Crippen molar-refractivity contribution >= 4 is 16.9 Å². The van der Waals surface area contributed by atoms with Gasteiger partial charge in [-0.1, -0.05) is 90.9 Å². The van der Waals surface area contributed by atoms with E-state index >= 15 is 0 Å². The van der Waals surface area contributed by atoms with Crippen LogP contribution in [0.4, 0.5) is 0 Å². The van der Waals surface area contributed by atoms with E-state index in [1.165, 1.54) is 0 Å². The Hall–Kier alpha value is -4.15. The summed E-state index contributed by atoms with van der Waals surface area (Å²) >= 11 is 0. The van der Waals surface area contributed by atoms with E-state index in [1.807, 2.05) is 91.9 Å². The molecule has 0 unspecified atom stereocenters. The fraction of sp³-hybridized carbons (Fsp3) is 0.154. The molecule has 0 aliphatic carbocycles. The maximum absolute atomic E-state index is 13.6. The van der Waals surface area contributed by atoms with Crippen LogP contribution in [0.3, 0.4) is 0 Å². The van der Waals surface area contributed by atoms with Crippen LogP contribution in [0.15, 0.2) is 90.0 Å². The number of ether oxygens (including phenoxy) is 1. The van der Waals surface area contributed by atoms with Gasteiger partial charge in [-0.3, -0.25) is 0 Å². The second-order valence-electron chi connectivity index (χ2n) is 7.30. The lowest BCUT2D eigenvalue weighted by Crippen LogP contribution is -2.15. The molecule has 0 aliphatic rings. The molecule has 0 bridgehead atoms. The number of rotatable bonds is 7. The molecule has 0 spiro atoms. The van der Waals surface area contributed by atoms with E-state index in [0.29, 0.717) is 34.1 Å². The van der Waals surface area contributed by atoms with Crippen molar-refractivity contribution in [3.63, 3.8) is 0 Å². The molecule has 4 aromatic rings. The molecule has 0 radical (unpaired) electrons. The molecule has 0 saturated heterocycles. The summed E-state index contributed by atoms with van der Waals surface area (Å²) < 4.78 is 5.99. The number of pyridine rings is 1. The molecule has 3 aromatic carbocycles. The fourth-order valence-corrected chi connectivity index (χ4v) is 3.82. The number of carbonyl (C=O) groups excluding carboxylic acids is 1. The molecule has 0 amide bonds. The fourth-order valence-electron chi connectivity index (χ4n) is 3.82. The van der Waals surface area contributed by atoms with Gasteiger partial charge in [-0.05, 0) is 29.1 Å². The summed E-state index contributed by atoms with van der Waals surface area (Å²) in [5.74, 6) is -0.459. The molecule has 1 aromatic heterocycles. The molecule has 32 heavy (non-hydrogen) atoms. The largest absolute Gasteiger partial charge is 0.454 e. The third-order valence-corrected chi connectivity index (χ3v) is 5.33. The van der Waals surface area contributed by atoms with Gasteiger partial charge in [-0.25, -0.2) is 9.78 Å². The number of nitrogens with zero attached hydrogens (tertiary/aromatic N) is 4. The lowest BCUT2D eigenvalue weighted by Gasteiger charge is -2.20. The van der Waals surface area contributed by atoms with Crippen molar-refractivity contribution in [3.05, 3.63) is 112 Å². The van der Waals surface area contributed by atoms with Crippen molar-refractivity contribution < 1.29 is 9.53 Å². The van der Waals surface area contributed by atoms with E-state index in [-0.39, 0.29) is 12.6 Å². The Bertz CT molecular complexity index is 1280. The third kappa shape index (κ3) is 4.31. The van der Waals surface area contributed by atoms with Crippen LogP contribution in [0.5, 0.6) is 0 Å². The molecule has 0 aliphatic heterocycles. The van der Waals surface area contributed by atoms with Crippen molar-refractivity contribution in [3.8, 4) is 11.3 Å². The molecule has 6 heteroatoms. The van der Waals surface area contributed by atoms with Gasteiger partial charge in [0.05, 0.1) is 23.3 Å².